The number of ether oxygens (including phenoxy) is 1. The molecule has 0 aliphatic carbocycles. The third-order valence-electron chi connectivity index (χ3n) is 4.00. The maximum Gasteiger partial charge on any atom is 0.242 e. The SMILES string of the molecule is O=C(NCc1cccc(OCc2ccccn2)c1)C1NCCC1=S(=O)=O. The summed E-state index contributed by atoms with van der Waals surface area (Å²) in [5.74, 6) is 0.329. The first-order valence-electron chi connectivity index (χ1n) is 8.21. The van der Waals surface area contributed by atoms with Gasteiger partial charge in [0.15, 0.2) is 0 Å². The average molecular weight is 373 g/mol. The summed E-state index contributed by atoms with van der Waals surface area (Å²) in [5, 5.41) is 5.66. The van der Waals surface area contributed by atoms with Gasteiger partial charge in [-0.15, -0.1) is 0 Å². The second kappa shape index (κ2) is 8.59. The van der Waals surface area contributed by atoms with Gasteiger partial charge in [-0.05, 0) is 36.2 Å². The molecule has 1 aliphatic heterocycles. The van der Waals surface area contributed by atoms with Crippen molar-refractivity contribution in [2.24, 2.45) is 0 Å². The Kier molecular flexibility index (Phi) is 5.98. The molecule has 1 aromatic carbocycles. The Morgan fingerprint density at radius 2 is 2.15 bits per heavy atom. The van der Waals surface area contributed by atoms with Crippen LogP contribution in [0.3, 0.4) is 0 Å². The molecule has 1 aliphatic rings. The molecule has 0 bridgehead atoms. The lowest BCUT2D eigenvalue weighted by molar-refractivity contribution is -0.121. The number of rotatable bonds is 6. The maximum atomic E-state index is 12.2. The highest BCUT2D eigenvalue weighted by molar-refractivity contribution is 7.73. The van der Waals surface area contributed by atoms with E-state index in [1.807, 2.05) is 42.5 Å². The van der Waals surface area contributed by atoms with Crippen molar-refractivity contribution in [3.05, 3.63) is 59.9 Å². The maximum absolute atomic E-state index is 12.2. The molecule has 26 heavy (non-hydrogen) atoms. The summed E-state index contributed by atoms with van der Waals surface area (Å²) in [6, 6.07) is 12.2. The molecule has 2 N–H and O–H groups in total. The molecule has 2 aromatic rings. The van der Waals surface area contributed by atoms with Gasteiger partial charge in [-0.3, -0.25) is 9.78 Å². The molecule has 1 amide bonds. The Morgan fingerprint density at radius 3 is 2.92 bits per heavy atom. The van der Waals surface area contributed by atoms with Crippen LogP contribution in [0.15, 0.2) is 48.7 Å². The minimum Gasteiger partial charge on any atom is -0.487 e. The van der Waals surface area contributed by atoms with Gasteiger partial charge in [0, 0.05) is 19.3 Å². The van der Waals surface area contributed by atoms with Crippen molar-refractivity contribution in [3.8, 4) is 5.75 Å². The molecule has 1 unspecified atom stereocenters. The Morgan fingerprint density at radius 1 is 1.27 bits per heavy atom. The number of carbonyl (C=O) groups excluding carboxylic acids is 1. The molecule has 1 aromatic heterocycles. The molecule has 1 saturated heterocycles. The molecular formula is C18H19N3O4S. The van der Waals surface area contributed by atoms with Crippen LogP contribution >= 0.6 is 0 Å². The van der Waals surface area contributed by atoms with E-state index in [2.05, 4.69) is 15.6 Å². The van der Waals surface area contributed by atoms with Crippen LogP contribution in [-0.2, 0) is 28.2 Å². The monoisotopic (exact) mass is 373 g/mol. The van der Waals surface area contributed by atoms with E-state index in [4.69, 9.17) is 4.74 Å². The number of hydrogen-bond acceptors (Lipinski definition) is 6. The second-order valence-corrected chi connectivity index (χ2v) is 6.81. The van der Waals surface area contributed by atoms with Crippen LogP contribution in [0.25, 0.3) is 0 Å². The fraction of sp³-hybridized carbons (Fsp3) is 0.278. The van der Waals surface area contributed by atoms with E-state index in [1.54, 1.807) is 6.20 Å². The van der Waals surface area contributed by atoms with Crippen molar-refractivity contribution < 1.29 is 17.9 Å². The minimum absolute atomic E-state index is 0.204. The lowest BCUT2D eigenvalue weighted by Gasteiger charge is -2.12. The minimum atomic E-state index is -2.35. The van der Waals surface area contributed by atoms with E-state index in [9.17, 15) is 13.2 Å². The van der Waals surface area contributed by atoms with Crippen molar-refractivity contribution in [3.63, 3.8) is 0 Å². The lowest BCUT2D eigenvalue weighted by atomic mass is 10.2. The van der Waals surface area contributed by atoms with Crippen molar-refractivity contribution in [1.82, 2.24) is 15.6 Å². The van der Waals surface area contributed by atoms with Gasteiger partial charge in [0.25, 0.3) is 0 Å². The fourth-order valence-corrected chi connectivity index (χ4v) is 3.35. The highest BCUT2D eigenvalue weighted by Crippen LogP contribution is 2.15. The number of nitrogens with one attached hydrogen (secondary N) is 2. The number of hydrogen-bond donors (Lipinski definition) is 2. The molecule has 0 radical (unpaired) electrons. The quantitative estimate of drug-likeness (QED) is 0.723. The molecule has 8 heteroatoms. The predicted octanol–water partition coefficient (Wildman–Crippen LogP) is 0.690. The molecule has 136 valence electrons. The highest BCUT2D eigenvalue weighted by atomic mass is 32.2. The molecule has 0 spiro atoms. The van der Waals surface area contributed by atoms with Gasteiger partial charge < -0.3 is 15.4 Å². The van der Waals surface area contributed by atoms with Crippen molar-refractivity contribution in [2.75, 3.05) is 6.54 Å². The molecule has 1 fully saturated rings. The lowest BCUT2D eigenvalue weighted by Crippen LogP contribution is -2.44. The summed E-state index contributed by atoms with van der Waals surface area (Å²) in [6.45, 7) is 1.13. The third kappa shape index (κ3) is 4.68. The third-order valence-corrected chi connectivity index (χ3v) is 4.86. The van der Waals surface area contributed by atoms with Crippen LogP contribution in [0.5, 0.6) is 5.75 Å². The van der Waals surface area contributed by atoms with E-state index in [1.165, 1.54) is 0 Å². The van der Waals surface area contributed by atoms with Gasteiger partial charge in [0.2, 0.25) is 16.2 Å². The number of carbonyl (C=O) groups is 1. The van der Waals surface area contributed by atoms with Gasteiger partial charge in [-0.25, -0.2) is 0 Å². The largest absolute Gasteiger partial charge is 0.487 e. The number of benzene rings is 1. The van der Waals surface area contributed by atoms with Crippen LogP contribution in [0.2, 0.25) is 0 Å². The molecule has 1 atom stereocenters. The van der Waals surface area contributed by atoms with E-state index >= 15 is 0 Å². The van der Waals surface area contributed by atoms with E-state index in [0.717, 1.165) is 11.3 Å². The molecule has 0 saturated carbocycles. The van der Waals surface area contributed by atoms with Crippen LogP contribution < -0.4 is 15.4 Å². The van der Waals surface area contributed by atoms with Gasteiger partial charge in [-0.1, -0.05) is 18.2 Å². The van der Waals surface area contributed by atoms with Crippen molar-refractivity contribution in [1.29, 1.82) is 0 Å². The smallest absolute Gasteiger partial charge is 0.242 e. The van der Waals surface area contributed by atoms with Crippen LogP contribution in [-0.4, -0.2) is 36.8 Å². The predicted molar refractivity (Wildman–Crippen MR) is 97.2 cm³/mol. The summed E-state index contributed by atoms with van der Waals surface area (Å²) in [4.78, 5) is 16.6. The summed E-state index contributed by atoms with van der Waals surface area (Å²) in [7, 11) is -2.35. The Balaban J connectivity index is 1.57. The van der Waals surface area contributed by atoms with Crippen molar-refractivity contribution in [2.45, 2.75) is 25.6 Å². The van der Waals surface area contributed by atoms with Crippen LogP contribution in [0, 0.1) is 0 Å². The van der Waals surface area contributed by atoms with Crippen LogP contribution in [0.4, 0.5) is 0 Å². The number of nitrogens with zero attached hydrogens (tertiary/aromatic N) is 1. The number of aromatic nitrogens is 1. The van der Waals surface area contributed by atoms with Gasteiger partial charge in [0.1, 0.15) is 18.4 Å². The molecular weight excluding hydrogens is 354 g/mol. The summed E-state index contributed by atoms with van der Waals surface area (Å²) >= 11 is 0. The van der Waals surface area contributed by atoms with Gasteiger partial charge >= 0.3 is 0 Å². The van der Waals surface area contributed by atoms with E-state index < -0.39 is 16.3 Å². The Labute approximate surface area is 152 Å². The normalized spacial score (nSPS) is 16.3. The zero-order chi connectivity index (χ0) is 18.4. The first-order valence-corrected chi connectivity index (χ1v) is 9.28. The van der Waals surface area contributed by atoms with E-state index in [-0.39, 0.29) is 17.3 Å². The van der Waals surface area contributed by atoms with Crippen LogP contribution in [0.1, 0.15) is 17.7 Å². The second-order valence-electron chi connectivity index (χ2n) is 5.81. The van der Waals surface area contributed by atoms with Crippen molar-refractivity contribution >= 4 is 21.1 Å². The molecule has 3 rings (SSSR count). The highest BCUT2D eigenvalue weighted by Gasteiger charge is 2.29. The zero-order valence-electron chi connectivity index (χ0n) is 14.0. The van der Waals surface area contributed by atoms with Gasteiger partial charge in [-0.2, -0.15) is 8.42 Å². The standard InChI is InChI=1S/C18H19N3O4S/c22-18(17-16(26(23)24)7-9-20-17)21-11-13-4-3-6-15(10-13)25-12-14-5-1-2-8-19-14/h1-6,8,10,17,20H,7,9,11-12H2,(H,21,22). The molecule has 7 nitrogen and oxygen atoms in total. The Hall–Kier alpha value is -2.71. The van der Waals surface area contributed by atoms with E-state index in [0.29, 0.717) is 25.3 Å². The first kappa shape index (κ1) is 18.1. The summed E-state index contributed by atoms with van der Waals surface area (Å²) < 4.78 is 28.0. The topological polar surface area (TPSA) is 97.4 Å². The summed E-state index contributed by atoms with van der Waals surface area (Å²) in [6.07, 6.45) is 2.08. The summed E-state index contributed by atoms with van der Waals surface area (Å²) in [5.41, 5.74) is 1.69. The molecule has 2 heterocycles. The van der Waals surface area contributed by atoms with Gasteiger partial charge in [0.05, 0.1) is 10.6 Å². The fourth-order valence-electron chi connectivity index (χ4n) is 2.69. The number of pyridine rings is 1. The first-order chi connectivity index (χ1) is 12.6. The number of amides is 1. The average Bonchev–Trinajstić information content (AvgIpc) is 3.16. The zero-order valence-corrected chi connectivity index (χ0v) is 14.8. The Bertz CT molecular complexity index is 905.